The predicted octanol–water partition coefficient (Wildman–Crippen LogP) is 3.81. The van der Waals surface area contributed by atoms with Crippen LogP contribution in [0.4, 0.5) is 5.69 Å². The minimum Gasteiger partial charge on any atom is -0.358 e. The lowest BCUT2D eigenvalue weighted by Gasteiger charge is -2.29. The molecule has 0 fully saturated rings. The number of nitrogens with one attached hydrogen (secondary N) is 2. The highest BCUT2D eigenvalue weighted by Crippen LogP contribution is 2.36. The van der Waals surface area contributed by atoms with Gasteiger partial charge in [-0.15, -0.1) is 0 Å². The standard InChI is InChI=1S/C23H27ClN4O2/c1-4-27(5-2)10-11-28-9-8-19-21(23(28)30)14(3)20(25-19)13-17-16-12-15(24)6-7-18(16)26-22(17)29/h6-7,12-13,25H,4-5,8-11H2,1-3H3,(H,26,29)/b17-13-. The molecule has 0 saturated heterocycles. The van der Waals surface area contributed by atoms with E-state index in [9.17, 15) is 9.59 Å². The van der Waals surface area contributed by atoms with Gasteiger partial charge >= 0.3 is 0 Å². The molecule has 30 heavy (non-hydrogen) atoms. The Morgan fingerprint density at radius 3 is 2.73 bits per heavy atom. The van der Waals surface area contributed by atoms with E-state index in [1.54, 1.807) is 18.2 Å². The van der Waals surface area contributed by atoms with Gasteiger partial charge in [-0.25, -0.2) is 0 Å². The Morgan fingerprint density at radius 1 is 1.23 bits per heavy atom. The zero-order valence-electron chi connectivity index (χ0n) is 17.6. The molecule has 0 saturated carbocycles. The molecule has 2 aliphatic rings. The first-order valence-electron chi connectivity index (χ1n) is 10.5. The summed E-state index contributed by atoms with van der Waals surface area (Å²) in [7, 11) is 0. The molecule has 2 aliphatic heterocycles. The summed E-state index contributed by atoms with van der Waals surface area (Å²) in [5, 5.41) is 3.45. The molecule has 1 aromatic carbocycles. The average Bonchev–Trinajstić information content (AvgIpc) is 3.21. The van der Waals surface area contributed by atoms with Gasteiger partial charge in [-0.1, -0.05) is 25.4 Å². The second-order valence-electron chi connectivity index (χ2n) is 7.79. The molecule has 0 spiro atoms. The first-order chi connectivity index (χ1) is 14.4. The van der Waals surface area contributed by atoms with Gasteiger partial charge in [0.25, 0.3) is 11.8 Å². The lowest BCUT2D eigenvalue weighted by molar-refractivity contribution is -0.110. The molecule has 6 nitrogen and oxygen atoms in total. The van der Waals surface area contributed by atoms with Gasteiger partial charge < -0.3 is 20.1 Å². The molecule has 7 heteroatoms. The fourth-order valence-corrected chi connectivity index (χ4v) is 4.44. The molecule has 3 heterocycles. The second-order valence-corrected chi connectivity index (χ2v) is 8.22. The Hall–Kier alpha value is -2.57. The van der Waals surface area contributed by atoms with Crippen molar-refractivity contribution in [1.82, 2.24) is 14.8 Å². The fraction of sp³-hybridized carbons (Fsp3) is 0.391. The van der Waals surface area contributed by atoms with Crippen molar-refractivity contribution in [1.29, 1.82) is 0 Å². The molecular weight excluding hydrogens is 400 g/mol. The number of anilines is 1. The third-order valence-corrected chi connectivity index (χ3v) is 6.37. The van der Waals surface area contributed by atoms with Gasteiger partial charge in [-0.2, -0.15) is 0 Å². The van der Waals surface area contributed by atoms with Gasteiger partial charge in [0.1, 0.15) is 0 Å². The van der Waals surface area contributed by atoms with Crippen LogP contribution in [0.5, 0.6) is 0 Å². The van der Waals surface area contributed by atoms with Crippen LogP contribution in [0, 0.1) is 6.92 Å². The molecule has 158 valence electrons. The Morgan fingerprint density at radius 2 is 2.00 bits per heavy atom. The monoisotopic (exact) mass is 426 g/mol. The minimum atomic E-state index is -0.161. The van der Waals surface area contributed by atoms with Crippen LogP contribution in [0.2, 0.25) is 5.02 Å². The van der Waals surface area contributed by atoms with E-state index in [0.29, 0.717) is 17.1 Å². The third kappa shape index (κ3) is 3.66. The maximum atomic E-state index is 13.2. The number of amides is 2. The highest BCUT2D eigenvalue weighted by Gasteiger charge is 2.30. The average molecular weight is 427 g/mol. The van der Waals surface area contributed by atoms with Crippen LogP contribution in [0.15, 0.2) is 18.2 Å². The van der Waals surface area contributed by atoms with Gasteiger partial charge in [-0.05, 0) is 49.9 Å². The lowest BCUT2D eigenvalue weighted by atomic mass is 10.0. The van der Waals surface area contributed by atoms with E-state index < -0.39 is 0 Å². The number of carbonyl (C=O) groups excluding carboxylic acids is 2. The summed E-state index contributed by atoms with van der Waals surface area (Å²) in [6.07, 6.45) is 2.62. The Kier molecular flexibility index (Phi) is 5.71. The number of aromatic amines is 1. The van der Waals surface area contributed by atoms with Crippen molar-refractivity contribution >= 4 is 40.8 Å². The van der Waals surface area contributed by atoms with E-state index in [4.69, 9.17) is 11.6 Å². The van der Waals surface area contributed by atoms with E-state index in [1.807, 2.05) is 17.9 Å². The van der Waals surface area contributed by atoms with Gasteiger partial charge in [0.05, 0.1) is 11.1 Å². The summed E-state index contributed by atoms with van der Waals surface area (Å²) >= 11 is 6.13. The van der Waals surface area contributed by atoms with Crippen molar-refractivity contribution in [3.05, 3.63) is 51.3 Å². The van der Waals surface area contributed by atoms with Crippen molar-refractivity contribution < 1.29 is 9.59 Å². The highest BCUT2D eigenvalue weighted by molar-refractivity contribution is 6.36. The maximum absolute atomic E-state index is 13.2. The third-order valence-electron chi connectivity index (χ3n) is 6.13. The number of H-pyrrole nitrogens is 1. The van der Waals surface area contributed by atoms with Crippen LogP contribution in [0.25, 0.3) is 11.6 Å². The number of hydrogen-bond donors (Lipinski definition) is 2. The van der Waals surface area contributed by atoms with E-state index in [-0.39, 0.29) is 11.8 Å². The maximum Gasteiger partial charge on any atom is 0.256 e. The van der Waals surface area contributed by atoms with E-state index in [0.717, 1.165) is 66.4 Å². The normalized spacial score (nSPS) is 17.0. The minimum absolute atomic E-state index is 0.0705. The summed E-state index contributed by atoms with van der Waals surface area (Å²) < 4.78 is 0. The molecule has 2 aromatic rings. The summed E-state index contributed by atoms with van der Waals surface area (Å²) in [4.78, 5) is 33.3. The fourth-order valence-electron chi connectivity index (χ4n) is 4.27. The largest absolute Gasteiger partial charge is 0.358 e. The number of rotatable bonds is 6. The van der Waals surface area contributed by atoms with Crippen LogP contribution in [-0.4, -0.2) is 59.3 Å². The zero-order valence-corrected chi connectivity index (χ0v) is 18.4. The van der Waals surface area contributed by atoms with Crippen molar-refractivity contribution in [3.63, 3.8) is 0 Å². The Labute approximate surface area is 181 Å². The predicted molar refractivity (Wildman–Crippen MR) is 121 cm³/mol. The van der Waals surface area contributed by atoms with Crippen LogP contribution in [0.3, 0.4) is 0 Å². The van der Waals surface area contributed by atoms with Crippen molar-refractivity contribution in [2.24, 2.45) is 0 Å². The zero-order chi connectivity index (χ0) is 21.4. The van der Waals surface area contributed by atoms with Crippen LogP contribution < -0.4 is 5.32 Å². The molecule has 0 atom stereocenters. The lowest BCUT2D eigenvalue weighted by Crippen LogP contribution is -2.42. The number of aromatic nitrogens is 1. The molecule has 0 radical (unpaired) electrons. The van der Waals surface area contributed by atoms with Crippen molar-refractivity contribution in [2.75, 3.05) is 38.0 Å². The Bertz CT molecular complexity index is 1040. The number of fused-ring (bicyclic) bond motifs is 2. The van der Waals surface area contributed by atoms with Gasteiger partial charge in [0.2, 0.25) is 0 Å². The van der Waals surface area contributed by atoms with Gasteiger partial charge in [-0.3, -0.25) is 9.59 Å². The van der Waals surface area contributed by atoms with Crippen LogP contribution >= 0.6 is 11.6 Å². The van der Waals surface area contributed by atoms with E-state index in [2.05, 4.69) is 29.0 Å². The van der Waals surface area contributed by atoms with Crippen LogP contribution in [-0.2, 0) is 11.2 Å². The summed E-state index contributed by atoms with van der Waals surface area (Å²) in [6, 6.07) is 5.35. The molecular formula is C23H27ClN4O2. The van der Waals surface area contributed by atoms with Crippen LogP contribution in [0.1, 0.15) is 46.7 Å². The van der Waals surface area contributed by atoms with Gasteiger partial charge in [0.15, 0.2) is 0 Å². The van der Waals surface area contributed by atoms with Gasteiger partial charge in [0, 0.05) is 53.7 Å². The topological polar surface area (TPSA) is 68.4 Å². The van der Waals surface area contributed by atoms with Crippen molar-refractivity contribution in [2.45, 2.75) is 27.2 Å². The molecule has 1 aromatic heterocycles. The quantitative estimate of drug-likeness (QED) is 0.690. The SMILES string of the molecule is CCN(CC)CCN1CCc2[nH]c(/C=C3\C(=O)Nc4ccc(Cl)cc43)c(C)c2C1=O. The van der Waals surface area contributed by atoms with Crippen molar-refractivity contribution in [3.8, 4) is 0 Å². The van der Waals surface area contributed by atoms with E-state index in [1.165, 1.54) is 0 Å². The Balaban J connectivity index is 1.62. The molecule has 2 amide bonds. The first-order valence-corrected chi connectivity index (χ1v) is 10.9. The molecule has 0 unspecified atom stereocenters. The summed E-state index contributed by atoms with van der Waals surface area (Å²) in [6.45, 7) is 10.5. The number of benzene rings is 1. The molecule has 4 rings (SSSR count). The van der Waals surface area contributed by atoms with E-state index >= 15 is 0 Å². The summed E-state index contributed by atoms with van der Waals surface area (Å²) in [5.41, 5.74) is 5.48. The molecule has 0 aliphatic carbocycles. The first kappa shape index (κ1) is 20.7. The second kappa shape index (κ2) is 8.28. The molecule has 0 bridgehead atoms. The smallest absolute Gasteiger partial charge is 0.256 e. The number of hydrogen-bond acceptors (Lipinski definition) is 3. The number of carbonyl (C=O) groups is 2. The highest BCUT2D eigenvalue weighted by atomic mass is 35.5. The number of likely N-dealkylation sites (N-methyl/N-ethyl adjacent to an activating group) is 1. The molecule has 2 N–H and O–H groups in total. The number of halogens is 1. The summed E-state index contributed by atoms with van der Waals surface area (Å²) in [5.74, 6) is -0.0902. The number of nitrogens with zero attached hydrogens (tertiary/aromatic N) is 2.